The Morgan fingerprint density at radius 2 is 1.96 bits per heavy atom. The lowest BCUT2D eigenvalue weighted by Gasteiger charge is -2.29. The third-order valence-electron chi connectivity index (χ3n) is 3.83. The number of hydrogen-bond donors (Lipinski definition) is 1. The van der Waals surface area contributed by atoms with E-state index in [-0.39, 0.29) is 18.4 Å². The minimum absolute atomic E-state index is 0.00284. The second-order valence-electron chi connectivity index (χ2n) is 5.32. The van der Waals surface area contributed by atoms with Crippen molar-refractivity contribution in [2.45, 2.75) is 0 Å². The molecule has 2 aromatic rings. The topological polar surface area (TPSA) is 67.9 Å². The first-order valence-electron chi connectivity index (χ1n) is 7.33. The van der Waals surface area contributed by atoms with E-state index in [0.717, 1.165) is 5.69 Å². The van der Waals surface area contributed by atoms with Crippen molar-refractivity contribution in [1.29, 1.82) is 0 Å². The summed E-state index contributed by atoms with van der Waals surface area (Å²) in [6.45, 7) is 0.931. The number of carbonyl (C=O) groups excluding carboxylic acids is 2. The van der Waals surface area contributed by atoms with Gasteiger partial charge in [0.1, 0.15) is 18.1 Å². The predicted octanol–water partition coefficient (Wildman–Crippen LogP) is 2.06. The SMILES string of the molecule is O=C1COc2ccc(C(=O)N3CCOc4ccccc43)cc2N1. The molecular weight excluding hydrogens is 296 g/mol. The summed E-state index contributed by atoms with van der Waals surface area (Å²) in [5.41, 5.74) is 1.77. The van der Waals surface area contributed by atoms with Crippen LogP contribution in [0.5, 0.6) is 11.5 Å². The number of para-hydroxylation sites is 2. The first-order valence-corrected chi connectivity index (χ1v) is 7.33. The van der Waals surface area contributed by atoms with Crippen LogP contribution in [0, 0.1) is 0 Å². The summed E-state index contributed by atoms with van der Waals surface area (Å²) in [5.74, 6) is 0.910. The summed E-state index contributed by atoms with van der Waals surface area (Å²) < 4.78 is 10.9. The van der Waals surface area contributed by atoms with Crippen LogP contribution in [-0.4, -0.2) is 31.6 Å². The highest BCUT2D eigenvalue weighted by Crippen LogP contribution is 2.33. The van der Waals surface area contributed by atoms with Crippen LogP contribution >= 0.6 is 0 Å². The molecule has 1 N–H and O–H groups in total. The molecule has 0 unspecified atom stereocenters. The second-order valence-corrected chi connectivity index (χ2v) is 5.32. The van der Waals surface area contributed by atoms with Crippen LogP contribution in [0.1, 0.15) is 10.4 Å². The van der Waals surface area contributed by atoms with Gasteiger partial charge in [0.15, 0.2) is 6.61 Å². The number of amides is 2. The van der Waals surface area contributed by atoms with Gasteiger partial charge in [-0.05, 0) is 30.3 Å². The van der Waals surface area contributed by atoms with Crippen molar-refractivity contribution in [1.82, 2.24) is 0 Å². The minimum atomic E-state index is -0.223. The average molecular weight is 310 g/mol. The predicted molar refractivity (Wildman–Crippen MR) is 84.2 cm³/mol. The minimum Gasteiger partial charge on any atom is -0.490 e. The van der Waals surface area contributed by atoms with E-state index in [1.54, 1.807) is 23.1 Å². The monoisotopic (exact) mass is 310 g/mol. The van der Waals surface area contributed by atoms with Gasteiger partial charge in [0.05, 0.1) is 17.9 Å². The quantitative estimate of drug-likeness (QED) is 0.875. The molecule has 6 heteroatoms. The van der Waals surface area contributed by atoms with Gasteiger partial charge < -0.3 is 19.7 Å². The molecule has 2 aliphatic rings. The van der Waals surface area contributed by atoms with E-state index in [9.17, 15) is 9.59 Å². The molecule has 0 radical (unpaired) electrons. The lowest BCUT2D eigenvalue weighted by molar-refractivity contribution is -0.118. The van der Waals surface area contributed by atoms with Crippen molar-refractivity contribution in [3.05, 3.63) is 48.0 Å². The number of hydrogen-bond acceptors (Lipinski definition) is 4. The van der Waals surface area contributed by atoms with E-state index in [2.05, 4.69) is 5.32 Å². The van der Waals surface area contributed by atoms with Crippen LogP contribution in [0.15, 0.2) is 42.5 Å². The highest BCUT2D eigenvalue weighted by molar-refractivity contribution is 6.08. The molecule has 2 amide bonds. The highest BCUT2D eigenvalue weighted by atomic mass is 16.5. The fourth-order valence-corrected chi connectivity index (χ4v) is 2.75. The molecule has 4 rings (SSSR count). The lowest BCUT2D eigenvalue weighted by atomic mass is 10.1. The number of fused-ring (bicyclic) bond motifs is 2. The van der Waals surface area contributed by atoms with Crippen molar-refractivity contribution in [3.63, 3.8) is 0 Å². The van der Waals surface area contributed by atoms with Gasteiger partial charge in [-0.2, -0.15) is 0 Å². The van der Waals surface area contributed by atoms with E-state index in [4.69, 9.17) is 9.47 Å². The van der Waals surface area contributed by atoms with Gasteiger partial charge >= 0.3 is 0 Å². The fraction of sp³-hybridized carbons (Fsp3) is 0.176. The third-order valence-corrected chi connectivity index (χ3v) is 3.83. The molecule has 0 aliphatic carbocycles. The zero-order valence-corrected chi connectivity index (χ0v) is 12.2. The first kappa shape index (κ1) is 13.6. The Morgan fingerprint density at radius 3 is 2.87 bits per heavy atom. The van der Waals surface area contributed by atoms with E-state index in [1.807, 2.05) is 24.3 Å². The van der Waals surface area contributed by atoms with Crippen LogP contribution < -0.4 is 19.7 Å². The molecule has 0 bridgehead atoms. The van der Waals surface area contributed by atoms with Crippen molar-refractivity contribution < 1.29 is 19.1 Å². The maximum atomic E-state index is 12.8. The molecule has 23 heavy (non-hydrogen) atoms. The second kappa shape index (κ2) is 5.31. The molecule has 2 aliphatic heterocycles. The Balaban J connectivity index is 1.68. The molecule has 2 heterocycles. The zero-order chi connectivity index (χ0) is 15.8. The number of benzene rings is 2. The molecule has 0 saturated carbocycles. The van der Waals surface area contributed by atoms with Gasteiger partial charge in [-0.15, -0.1) is 0 Å². The number of carbonyl (C=O) groups is 2. The van der Waals surface area contributed by atoms with Crippen molar-refractivity contribution in [3.8, 4) is 11.5 Å². The van der Waals surface area contributed by atoms with Gasteiger partial charge in [-0.25, -0.2) is 0 Å². The summed E-state index contributed by atoms with van der Waals surface area (Å²) in [7, 11) is 0. The Kier molecular flexibility index (Phi) is 3.15. The summed E-state index contributed by atoms with van der Waals surface area (Å²) in [6, 6.07) is 12.5. The van der Waals surface area contributed by atoms with Crippen LogP contribution in [0.2, 0.25) is 0 Å². The Labute approximate surface area is 132 Å². The molecule has 0 saturated heterocycles. The molecular formula is C17H14N2O4. The summed E-state index contributed by atoms with van der Waals surface area (Å²) in [5, 5.41) is 2.72. The van der Waals surface area contributed by atoms with Crippen LogP contribution in [0.4, 0.5) is 11.4 Å². The third kappa shape index (κ3) is 2.38. The molecule has 0 fully saturated rings. The Bertz CT molecular complexity index is 803. The molecule has 2 aromatic carbocycles. The average Bonchev–Trinajstić information content (AvgIpc) is 2.60. The largest absolute Gasteiger partial charge is 0.490 e. The van der Waals surface area contributed by atoms with Gasteiger partial charge in [-0.3, -0.25) is 9.59 Å². The van der Waals surface area contributed by atoms with Crippen LogP contribution in [-0.2, 0) is 4.79 Å². The van der Waals surface area contributed by atoms with Crippen molar-refractivity contribution in [2.24, 2.45) is 0 Å². The van der Waals surface area contributed by atoms with Gasteiger partial charge in [0.25, 0.3) is 11.8 Å². The summed E-state index contributed by atoms with van der Waals surface area (Å²) in [6.07, 6.45) is 0. The number of ether oxygens (including phenoxy) is 2. The molecule has 6 nitrogen and oxygen atoms in total. The van der Waals surface area contributed by atoms with E-state index in [0.29, 0.717) is 35.9 Å². The zero-order valence-electron chi connectivity index (χ0n) is 12.2. The van der Waals surface area contributed by atoms with E-state index >= 15 is 0 Å². The maximum Gasteiger partial charge on any atom is 0.262 e. The fourth-order valence-electron chi connectivity index (χ4n) is 2.75. The highest BCUT2D eigenvalue weighted by Gasteiger charge is 2.26. The summed E-state index contributed by atoms with van der Waals surface area (Å²) >= 11 is 0. The number of nitrogens with zero attached hydrogens (tertiary/aromatic N) is 1. The van der Waals surface area contributed by atoms with Gasteiger partial charge in [-0.1, -0.05) is 12.1 Å². The van der Waals surface area contributed by atoms with Crippen LogP contribution in [0.25, 0.3) is 0 Å². The summed E-state index contributed by atoms with van der Waals surface area (Å²) in [4.78, 5) is 26.0. The van der Waals surface area contributed by atoms with Crippen LogP contribution in [0.3, 0.4) is 0 Å². The maximum absolute atomic E-state index is 12.8. The molecule has 116 valence electrons. The number of nitrogens with one attached hydrogen (secondary N) is 1. The Hall–Kier alpha value is -3.02. The Morgan fingerprint density at radius 1 is 1.09 bits per heavy atom. The molecule has 0 aromatic heterocycles. The standard InChI is InChI=1S/C17H14N2O4/c20-16-10-23-14-6-5-11(9-12(14)18-16)17(21)19-7-8-22-15-4-2-1-3-13(15)19/h1-6,9H,7-8,10H2,(H,18,20). The van der Waals surface area contributed by atoms with Crippen molar-refractivity contribution >= 4 is 23.2 Å². The molecule has 0 spiro atoms. The molecule has 0 atom stereocenters. The van der Waals surface area contributed by atoms with Gasteiger partial charge in [0.2, 0.25) is 0 Å². The first-order chi connectivity index (χ1) is 11.2. The van der Waals surface area contributed by atoms with E-state index < -0.39 is 0 Å². The van der Waals surface area contributed by atoms with Gasteiger partial charge in [0, 0.05) is 5.56 Å². The smallest absolute Gasteiger partial charge is 0.262 e. The number of rotatable bonds is 1. The lowest BCUT2D eigenvalue weighted by Crippen LogP contribution is -2.38. The number of anilines is 2. The van der Waals surface area contributed by atoms with Crippen molar-refractivity contribution in [2.75, 3.05) is 30.0 Å². The van der Waals surface area contributed by atoms with E-state index in [1.165, 1.54) is 0 Å². The normalized spacial score (nSPS) is 15.7.